The first-order chi connectivity index (χ1) is 10.1. The number of benzene rings is 1. The van der Waals surface area contributed by atoms with Crippen LogP contribution in [0.25, 0.3) is 0 Å². The molecule has 0 spiro atoms. The summed E-state index contributed by atoms with van der Waals surface area (Å²) in [5.41, 5.74) is 2.57. The lowest BCUT2D eigenvalue weighted by atomic mass is 9.98. The maximum absolute atomic E-state index is 12.2. The molecule has 0 radical (unpaired) electrons. The van der Waals surface area contributed by atoms with Gasteiger partial charge in [0, 0.05) is 11.3 Å². The summed E-state index contributed by atoms with van der Waals surface area (Å²) in [4.78, 5) is 25.2. The predicted octanol–water partition coefficient (Wildman–Crippen LogP) is 2.45. The quantitative estimate of drug-likeness (QED) is 0.886. The molecule has 5 heteroatoms. The molecule has 0 unspecified atom stereocenters. The predicted molar refractivity (Wildman–Crippen MR) is 80.3 cm³/mol. The Hall–Kier alpha value is -2.14. The third kappa shape index (κ3) is 2.83. The Morgan fingerprint density at radius 3 is 2.95 bits per heavy atom. The number of fused-ring (bicyclic) bond motifs is 1. The zero-order valence-electron chi connectivity index (χ0n) is 11.6. The van der Waals surface area contributed by atoms with Crippen LogP contribution in [0.3, 0.4) is 0 Å². The molecular formula is C16H15NO3S. The van der Waals surface area contributed by atoms with E-state index in [1.807, 2.05) is 30.5 Å². The number of carbonyl (C=O) groups excluding carboxylic acids is 2. The molecule has 1 aromatic carbocycles. The van der Waals surface area contributed by atoms with Crippen LogP contribution in [0.2, 0.25) is 0 Å². The summed E-state index contributed by atoms with van der Waals surface area (Å²) in [7, 11) is 0. The Balaban J connectivity index is 1.67. The van der Waals surface area contributed by atoms with Crippen molar-refractivity contribution < 1.29 is 14.3 Å². The van der Waals surface area contributed by atoms with Crippen molar-refractivity contribution in [2.24, 2.45) is 0 Å². The van der Waals surface area contributed by atoms with Gasteiger partial charge in [0.1, 0.15) is 0 Å². The molecule has 2 heterocycles. The van der Waals surface area contributed by atoms with E-state index in [2.05, 4.69) is 5.32 Å². The fraction of sp³-hybridized carbons (Fsp3) is 0.250. The average Bonchev–Trinajstić information content (AvgIpc) is 2.90. The number of carbonyl (C=O) groups is 2. The van der Waals surface area contributed by atoms with Gasteiger partial charge in [-0.2, -0.15) is 0 Å². The highest BCUT2D eigenvalue weighted by Gasteiger charge is 2.30. The molecule has 1 aliphatic heterocycles. The summed E-state index contributed by atoms with van der Waals surface area (Å²) in [5.74, 6) is -0.671. The topological polar surface area (TPSA) is 55.4 Å². The molecule has 4 nitrogen and oxygen atoms in total. The van der Waals surface area contributed by atoms with E-state index in [0.29, 0.717) is 18.5 Å². The van der Waals surface area contributed by atoms with Crippen LogP contribution in [0.5, 0.6) is 0 Å². The van der Waals surface area contributed by atoms with Crippen molar-refractivity contribution in [2.75, 3.05) is 0 Å². The number of amides is 1. The normalized spacial score (nSPS) is 17.0. The molecule has 2 aromatic rings. The third-order valence-electron chi connectivity index (χ3n) is 3.58. The number of hydrogen-bond acceptors (Lipinski definition) is 4. The first-order valence-electron chi connectivity index (χ1n) is 6.74. The minimum atomic E-state index is -0.743. The van der Waals surface area contributed by atoms with Gasteiger partial charge in [-0.15, -0.1) is 11.3 Å². The molecule has 0 saturated heterocycles. The minimum Gasteiger partial charge on any atom is -0.448 e. The first-order valence-corrected chi connectivity index (χ1v) is 7.62. The number of rotatable bonds is 3. The largest absolute Gasteiger partial charge is 0.448 e. The summed E-state index contributed by atoms with van der Waals surface area (Å²) in [6, 6.07) is 9.25. The van der Waals surface area contributed by atoms with E-state index >= 15 is 0 Å². The second-order valence-corrected chi connectivity index (χ2v) is 6.00. The van der Waals surface area contributed by atoms with Crippen molar-refractivity contribution in [3.8, 4) is 0 Å². The smallest absolute Gasteiger partial charge is 0.339 e. The van der Waals surface area contributed by atoms with Crippen LogP contribution in [0, 0.1) is 6.92 Å². The lowest BCUT2D eigenvalue weighted by Gasteiger charge is -2.23. The van der Waals surface area contributed by atoms with Crippen LogP contribution >= 0.6 is 11.3 Å². The van der Waals surface area contributed by atoms with Gasteiger partial charge in [-0.05, 0) is 35.6 Å². The number of aryl methyl sites for hydroxylation is 1. The van der Waals surface area contributed by atoms with E-state index < -0.39 is 12.1 Å². The maximum Gasteiger partial charge on any atom is 0.339 e. The van der Waals surface area contributed by atoms with Crippen LogP contribution in [0.4, 0.5) is 0 Å². The van der Waals surface area contributed by atoms with Crippen LogP contribution in [0.15, 0.2) is 35.7 Å². The van der Waals surface area contributed by atoms with Crippen molar-refractivity contribution in [2.45, 2.75) is 26.0 Å². The van der Waals surface area contributed by atoms with Crippen molar-refractivity contribution in [3.63, 3.8) is 0 Å². The van der Waals surface area contributed by atoms with E-state index in [4.69, 9.17) is 4.74 Å². The lowest BCUT2D eigenvalue weighted by Crippen LogP contribution is -2.41. The van der Waals surface area contributed by atoms with Crippen molar-refractivity contribution in [1.29, 1.82) is 0 Å². The fourth-order valence-electron chi connectivity index (χ4n) is 2.34. The summed E-state index contributed by atoms with van der Waals surface area (Å²) in [6.45, 7) is 2.48. The van der Waals surface area contributed by atoms with E-state index in [-0.39, 0.29) is 5.91 Å². The minimum absolute atomic E-state index is 0.245. The summed E-state index contributed by atoms with van der Waals surface area (Å²) >= 11 is 1.60. The Bertz CT molecular complexity index is 692. The van der Waals surface area contributed by atoms with E-state index in [1.54, 1.807) is 23.5 Å². The molecule has 1 N–H and O–H groups in total. The summed E-state index contributed by atoms with van der Waals surface area (Å²) < 4.78 is 5.23. The zero-order valence-corrected chi connectivity index (χ0v) is 12.4. The van der Waals surface area contributed by atoms with Crippen molar-refractivity contribution in [1.82, 2.24) is 5.32 Å². The number of nitrogens with one attached hydrogen (secondary N) is 1. The van der Waals surface area contributed by atoms with Gasteiger partial charge in [0.15, 0.2) is 6.10 Å². The molecule has 0 bridgehead atoms. The van der Waals surface area contributed by atoms with Crippen LogP contribution in [-0.4, -0.2) is 18.0 Å². The van der Waals surface area contributed by atoms with Crippen molar-refractivity contribution >= 4 is 23.2 Å². The van der Waals surface area contributed by atoms with Gasteiger partial charge >= 0.3 is 5.97 Å². The van der Waals surface area contributed by atoms with Crippen LogP contribution in [0.1, 0.15) is 26.4 Å². The fourth-order valence-corrected chi connectivity index (χ4v) is 3.19. The molecule has 0 saturated carbocycles. The Labute approximate surface area is 126 Å². The summed E-state index contributed by atoms with van der Waals surface area (Å²) in [6.07, 6.45) is -0.315. The van der Waals surface area contributed by atoms with Gasteiger partial charge < -0.3 is 10.1 Å². The lowest BCUT2D eigenvalue weighted by molar-refractivity contribution is -0.130. The molecule has 0 aliphatic carbocycles. The second-order valence-electron chi connectivity index (χ2n) is 5.00. The van der Waals surface area contributed by atoms with Gasteiger partial charge in [0.25, 0.3) is 5.91 Å². The van der Waals surface area contributed by atoms with E-state index in [9.17, 15) is 9.59 Å². The molecule has 0 fully saturated rings. The highest BCUT2D eigenvalue weighted by Crippen LogP contribution is 2.21. The van der Waals surface area contributed by atoms with Gasteiger partial charge in [0.05, 0.1) is 12.1 Å². The molecule has 1 aliphatic rings. The number of esters is 1. The SMILES string of the molecule is Cc1ccsc1CNC(=O)[C@H]1Cc2ccccc2C(=O)O1. The molecule has 1 atom stereocenters. The maximum atomic E-state index is 12.2. The number of thiophene rings is 1. The number of hydrogen-bond donors (Lipinski definition) is 1. The number of cyclic esters (lactones) is 1. The Morgan fingerprint density at radius 1 is 1.38 bits per heavy atom. The van der Waals surface area contributed by atoms with E-state index in [0.717, 1.165) is 16.0 Å². The standard InChI is InChI=1S/C16H15NO3S/c1-10-6-7-21-14(10)9-17-15(18)13-8-11-4-2-3-5-12(11)16(19)20-13/h2-7,13H,8-9H2,1H3,(H,17,18)/t13-/m1/s1. The van der Waals surface area contributed by atoms with Gasteiger partial charge in [-0.3, -0.25) is 4.79 Å². The number of ether oxygens (including phenoxy) is 1. The van der Waals surface area contributed by atoms with Gasteiger partial charge in [0.2, 0.25) is 0 Å². The molecule has 1 amide bonds. The monoisotopic (exact) mass is 301 g/mol. The van der Waals surface area contributed by atoms with Crippen molar-refractivity contribution in [3.05, 3.63) is 57.3 Å². The molecular weight excluding hydrogens is 286 g/mol. The van der Waals surface area contributed by atoms with Gasteiger partial charge in [-0.1, -0.05) is 18.2 Å². The molecule has 1 aromatic heterocycles. The zero-order chi connectivity index (χ0) is 14.8. The van der Waals surface area contributed by atoms with Crippen LogP contribution < -0.4 is 5.32 Å². The highest BCUT2D eigenvalue weighted by atomic mass is 32.1. The molecule has 3 rings (SSSR count). The second kappa shape index (κ2) is 5.69. The molecule has 108 valence electrons. The van der Waals surface area contributed by atoms with Crippen LogP contribution in [-0.2, 0) is 22.5 Å². The van der Waals surface area contributed by atoms with E-state index in [1.165, 1.54) is 0 Å². The first kappa shape index (κ1) is 13.8. The highest BCUT2D eigenvalue weighted by molar-refractivity contribution is 7.10. The Kier molecular flexibility index (Phi) is 3.75. The average molecular weight is 301 g/mol. The van der Waals surface area contributed by atoms with Gasteiger partial charge in [-0.25, -0.2) is 4.79 Å². The summed E-state index contributed by atoms with van der Waals surface area (Å²) in [5, 5.41) is 4.83. The Morgan fingerprint density at radius 2 is 2.19 bits per heavy atom. The third-order valence-corrected chi connectivity index (χ3v) is 4.60. The molecule has 21 heavy (non-hydrogen) atoms.